The van der Waals surface area contributed by atoms with Crippen LogP contribution in [-0.2, 0) is 9.59 Å². The van der Waals surface area contributed by atoms with Crippen molar-refractivity contribution in [3.63, 3.8) is 0 Å². The Labute approximate surface area is 195 Å². The Morgan fingerprint density at radius 1 is 0.909 bits per heavy atom. The topological polar surface area (TPSA) is 62.3 Å². The van der Waals surface area contributed by atoms with Gasteiger partial charge in [-0.2, -0.15) is 0 Å². The molecule has 0 atom stereocenters. The Hall–Kier alpha value is -3.32. The van der Waals surface area contributed by atoms with Gasteiger partial charge in [0, 0.05) is 13.1 Å². The number of nitrogens with zero attached hydrogens (tertiary/aromatic N) is 3. The first-order chi connectivity index (χ1) is 15.8. The number of likely N-dealkylation sites (tertiary alicyclic amines) is 1. The predicted octanol–water partition coefficient (Wildman–Crippen LogP) is 3.32. The maximum absolute atomic E-state index is 13.8. The maximum Gasteiger partial charge on any atom is 0.282 e. The molecule has 4 rings (SSSR count). The van der Waals surface area contributed by atoms with Crippen LogP contribution < -0.4 is 14.4 Å². The third-order valence-electron chi connectivity index (χ3n) is 6.61. The molecule has 0 unspecified atom stereocenters. The number of carbonyl (C=O) groups excluding carboxylic acids is 2. The van der Waals surface area contributed by atoms with E-state index in [-0.39, 0.29) is 17.9 Å². The number of imide groups is 1. The number of piperidine rings is 1. The van der Waals surface area contributed by atoms with Gasteiger partial charge in [-0.3, -0.25) is 9.59 Å². The van der Waals surface area contributed by atoms with Gasteiger partial charge >= 0.3 is 0 Å². The van der Waals surface area contributed by atoms with Crippen molar-refractivity contribution >= 4 is 23.1 Å². The lowest BCUT2D eigenvalue weighted by atomic mass is 10.00. The Morgan fingerprint density at radius 2 is 1.55 bits per heavy atom. The summed E-state index contributed by atoms with van der Waals surface area (Å²) in [5.74, 6) is 0.456. The average Bonchev–Trinajstić information content (AvgIpc) is 3.09. The SMILES string of the molecule is COc1ccc(C2=C(N(C)C3CCN(C)CC3)C(=O)N(c3ccc(C)cc3)C2=O)cc1OC. The molecule has 2 aliphatic rings. The fourth-order valence-corrected chi connectivity index (χ4v) is 4.59. The number of benzene rings is 2. The maximum atomic E-state index is 13.8. The second kappa shape index (κ2) is 9.27. The van der Waals surface area contributed by atoms with E-state index in [1.54, 1.807) is 26.4 Å². The first-order valence-electron chi connectivity index (χ1n) is 11.2. The Kier molecular flexibility index (Phi) is 6.42. The molecule has 2 aromatic rings. The summed E-state index contributed by atoms with van der Waals surface area (Å²) in [6.07, 6.45) is 1.86. The second-order valence-electron chi connectivity index (χ2n) is 8.72. The van der Waals surface area contributed by atoms with Crippen molar-refractivity contribution in [2.45, 2.75) is 25.8 Å². The molecule has 2 aromatic carbocycles. The van der Waals surface area contributed by atoms with Crippen molar-refractivity contribution in [3.05, 3.63) is 59.3 Å². The third kappa shape index (κ3) is 4.20. The molecule has 7 nitrogen and oxygen atoms in total. The zero-order valence-corrected chi connectivity index (χ0v) is 19.9. The third-order valence-corrected chi connectivity index (χ3v) is 6.61. The fourth-order valence-electron chi connectivity index (χ4n) is 4.59. The lowest BCUT2D eigenvalue weighted by molar-refractivity contribution is -0.120. The zero-order chi connectivity index (χ0) is 23.7. The number of rotatable bonds is 6. The second-order valence-corrected chi connectivity index (χ2v) is 8.72. The minimum atomic E-state index is -0.328. The number of carbonyl (C=O) groups is 2. The molecule has 33 heavy (non-hydrogen) atoms. The van der Waals surface area contributed by atoms with Gasteiger partial charge in [0.2, 0.25) is 0 Å². The largest absolute Gasteiger partial charge is 0.493 e. The van der Waals surface area contributed by atoms with Crippen molar-refractivity contribution in [3.8, 4) is 11.5 Å². The molecular formula is C26H31N3O4. The van der Waals surface area contributed by atoms with E-state index in [2.05, 4.69) is 11.9 Å². The highest BCUT2D eigenvalue weighted by molar-refractivity contribution is 6.45. The van der Waals surface area contributed by atoms with Gasteiger partial charge in [-0.15, -0.1) is 0 Å². The van der Waals surface area contributed by atoms with Crippen LogP contribution in [0.25, 0.3) is 5.57 Å². The molecular weight excluding hydrogens is 418 g/mol. The minimum absolute atomic E-state index is 0.182. The van der Waals surface area contributed by atoms with Gasteiger partial charge in [-0.05, 0) is 69.7 Å². The van der Waals surface area contributed by atoms with Crippen molar-refractivity contribution in [2.75, 3.05) is 46.3 Å². The van der Waals surface area contributed by atoms with Crippen molar-refractivity contribution in [1.82, 2.24) is 9.80 Å². The molecule has 174 valence electrons. The first kappa shape index (κ1) is 22.9. The van der Waals surface area contributed by atoms with E-state index in [4.69, 9.17) is 9.47 Å². The Balaban J connectivity index is 1.81. The molecule has 1 fully saturated rings. The summed E-state index contributed by atoms with van der Waals surface area (Å²) in [7, 11) is 7.16. The number of amides is 2. The minimum Gasteiger partial charge on any atom is -0.493 e. The first-order valence-corrected chi connectivity index (χ1v) is 11.2. The van der Waals surface area contributed by atoms with E-state index in [1.165, 1.54) is 4.90 Å². The van der Waals surface area contributed by atoms with Crippen LogP contribution in [0.5, 0.6) is 11.5 Å². The molecule has 2 amide bonds. The summed E-state index contributed by atoms with van der Waals surface area (Å²) in [5.41, 5.74) is 3.09. The van der Waals surface area contributed by atoms with E-state index in [0.29, 0.717) is 34.0 Å². The molecule has 1 saturated heterocycles. The van der Waals surface area contributed by atoms with Crippen LogP contribution >= 0.6 is 0 Å². The Bertz CT molecular complexity index is 1090. The standard InChI is InChI=1S/C26H31N3O4/c1-17-6-9-20(10-7-17)29-25(30)23(18-8-11-21(32-4)22(16-18)33-5)24(26(29)31)28(3)19-12-14-27(2)15-13-19/h6-11,16,19H,12-15H2,1-5H3. The molecule has 0 bridgehead atoms. The van der Waals surface area contributed by atoms with Crippen LogP contribution in [0.1, 0.15) is 24.0 Å². The summed E-state index contributed by atoms with van der Waals surface area (Å²) in [6, 6.07) is 13.0. The van der Waals surface area contributed by atoms with Crippen LogP contribution in [0, 0.1) is 6.92 Å². The van der Waals surface area contributed by atoms with Gasteiger partial charge in [0.1, 0.15) is 5.70 Å². The number of hydrogen-bond donors (Lipinski definition) is 0. The average molecular weight is 450 g/mol. The van der Waals surface area contributed by atoms with Gasteiger partial charge in [0.05, 0.1) is 25.5 Å². The van der Waals surface area contributed by atoms with E-state index in [1.807, 2.05) is 49.2 Å². The molecule has 0 radical (unpaired) electrons. The van der Waals surface area contributed by atoms with Gasteiger partial charge in [0.15, 0.2) is 11.5 Å². The molecule has 0 spiro atoms. The summed E-state index contributed by atoms with van der Waals surface area (Å²) in [5, 5.41) is 0. The van der Waals surface area contributed by atoms with Gasteiger partial charge in [-0.1, -0.05) is 23.8 Å². The normalized spacial score (nSPS) is 17.7. The molecule has 2 aliphatic heterocycles. The lowest BCUT2D eigenvalue weighted by Crippen LogP contribution is -2.43. The molecule has 0 aliphatic carbocycles. The molecule has 2 heterocycles. The van der Waals surface area contributed by atoms with E-state index in [9.17, 15) is 9.59 Å². The summed E-state index contributed by atoms with van der Waals surface area (Å²) in [6.45, 7) is 3.89. The van der Waals surface area contributed by atoms with Gasteiger partial charge in [-0.25, -0.2) is 4.90 Å². The number of ether oxygens (including phenoxy) is 2. The fraction of sp³-hybridized carbons (Fsp3) is 0.385. The van der Waals surface area contributed by atoms with E-state index >= 15 is 0 Å². The van der Waals surface area contributed by atoms with E-state index < -0.39 is 0 Å². The predicted molar refractivity (Wildman–Crippen MR) is 128 cm³/mol. The number of anilines is 1. The lowest BCUT2D eigenvalue weighted by Gasteiger charge is -2.36. The molecule has 0 aromatic heterocycles. The van der Waals surface area contributed by atoms with Crippen molar-refractivity contribution < 1.29 is 19.1 Å². The molecule has 7 heteroatoms. The zero-order valence-electron chi connectivity index (χ0n) is 19.9. The van der Waals surface area contributed by atoms with Crippen LogP contribution in [0.15, 0.2) is 48.2 Å². The van der Waals surface area contributed by atoms with Crippen molar-refractivity contribution in [2.24, 2.45) is 0 Å². The highest BCUT2D eigenvalue weighted by Crippen LogP contribution is 2.39. The van der Waals surface area contributed by atoms with Crippen LogP contribution in [0.3, 0.4) is 0 Å². The van der Waals surface area contributed by atoms with Crippen LogP contribution in [-0.4, -0.2) is 69.1 Å². The molecule has 0 N–H and O–H groups in total. The summed E-state index contributed by atoms with van der Waals surface area (Å²) >= 11 is 0. The van der Waals surface area contributed by atoms with Gasteiger partial charge < -0.3 is 19.3 Å². The number of methoxy groups -OCH3 is 2. The van der Waals surface area contributed by atoms with Gasteiger partial charge in [0.25, 0.3) is 11.8 Å². The van der Waals surface area contributed by atoms with Crippen LogP contribution in [0.4, 0.5) is 5.69 Å². The number of aryl methyl sites for hydroxylation is 1. The Morgan fingerprint density at radius 3 is 2.15 bits per heavy atom. The number of hydrogen-bond acceptors (Lipinski definition) is 6. The monoisotopic (exact) mass is 449 g/mol. The number of likely N-dealkylation sites (N-methyl/N-ethyl adjacent to an activating group) is 1. The van der Waals surface area contributed by atoms with Crippen molar-refractivity contribution in [1.29, 1.82) is 0 Å². The highest BCUT2D eigenvalue weighted by atomic mass is 16.5. The molecule has 0 saturated carbocycles. The summed E-state index contributed by atoms with van der Waals surface area (Å²) in [4.78, 5) is 33.1. The van der Waals surface area contributed by atoms with E-state index in [0.717, 1.165) is 31.5 Å². The van der Waals surface area contributed by atoms with Crippen LogP contribution in [0.2, 0.25) is 0 Å². The summed E-state index contributed by atoms with van der Waals surface area (Å²) < 4.78 is 10.8. The smallest absolute Gasteiger partial charge is 0.282 e. The quantitative estimate of drug-likeness (QED) is 0.631. The highest BCUT2D eigenvalue weighted by Gasteiger charge is 2.43.